The number of carbonyl (C=O) groups excluding carboxylic acids is 2. The summed E-state index contributed by atoms with van der Waals surface area (Å²) in [5.74, 6) is -8.67. The van der Waals surface area contributed by atoms with E-state index in [1.807, 2.05) is 0 Å². The van der Waals surface area contributed by atoms with Gasteiger partial charge in [-0.15, -0.1) is 0 Å². The average molecular weight is 402 g/mol. The van der Waals surface area contributed by atoms with Crippen LogP contribution in [0.1, 0.15) is 77.0 Å². The minimum Gasteiger partial charge on any atom is -0.420 e. The Morgan fingerprint density at radius 2 is 1.36 bits per heavy atom. The van der Waals surface area contributed by atoms with Crippen LogP contribution < -0.4 is 4.74 Å². The molecule has 0 aliphatic heterocycles. The standard InChI is InChI=1S/C21H26F4O3/c22-15-13-16(23)20(25)21(19(15)24)28-18(27)12-8-4-7-11-17(26)14-9-5-2-1-3-6-10-14/h13-14H,1-12H2. The Morgan fingerprint density at radius 1 is 0.821 bits per heavy atom. The Hall–Kier alpha value is -1.92. The summed E-state index contributed by atoms with van der Waals surface area (Å²) in [5, 5.41) is 0. The summed E-state index contributed by atoms with van der Waals surface area (Å²) in [6, 6.07) is 0.0506. The van der Waals surface area contributed by atoms with Crippen LogP contribution in [-0.2, 0) is 9.59 Å². The Morgan fingerprint density at radius 3 is 1.96 bits per heavy atom. The fourth-order valence-corrected chi connectivity index (χ4v) is 3.53. The number of ether oxygens (including phenoxy) is 1. The predicted molar refractivity (Wildman–Crippen MR) is 95.8 cm³/mol. The van der Waals surface area contributed by atoms with Crippen molar-refractivity contribution >= 4 is 11.8 Å². The maximum absolute atomic E-state index is 13.5. The molecule has 1 aliphatic rings. The number of Topliss-reactive ketones (excluding diaryl/α,β-unsaturated/α-hetero) is 1. The molecule has 0 amide bonds. The zero-order chi connectivity index (χ0) is 20.5. The van der Waals surface area contributed by atoms with Gasteiger partial charge in [0.05, 0.1) is 0 Å². The highest BCUT2D eigenvalue weighted by Crippen LogP contribution is 2.27. The second-order valence-corrected chi connectivity index (χ2v) is 7.34. The van der Waals surface area contributed by atoms with Gasteiger partial charge in [-0.3, -0.25) is 9.59 Å². The lowest BCUT2D eigenvalue weighted by molar-refractivity contribution is -0.135. The van der Waals surface area contributed by atoms with Crippen molar-refractivity contribution in [2.75, 3.05) is 0 Å². The number of hydrogen-bond acceptors (Lipinski definition) is 3. The lowest BCUT2D eigenvalue weighted by Crippen LogP contribution is -2.16. The van der Waals surface area contributed by atoms with Gasteiger partial charge in [-0.25, -0.2) is 8.78 Å². The summed E-state index contributed by atoms with van der Waals surface area (Å²) >= 11 is 0. The zero-order valence-electron chi connectivity index (χ0n) is 15.9. The molecule has 0 heterocycles. The van der Waals surface area contributed by atoms with Gasteiger partial charge in [0, 0.05) is 24.8 Å². The van der Waals surface area contributed by atoms with Crippen LogP contribution in [0.2, 0.25) is 0 Å². The molecule has 7 heteroatoms. The van der Waals surface area contributed by atoms with Crippen LogP contribution in [0.15, 0.2) is 6.07 Å². The Balaban J connectivity index is 1.69. The van der Waals surface area contributed by atoms with Crippen LogP contribution in [0, 0.1) is 29.2 Å². The molecule has 3 nitrogen and oxygen atoms in total. The number of ketones is 1. The molecule has 1 saturated carbocycles. The molecule has 1 aromatic rings. The van der Waals surface area contributed by atoms with Gasteiger partial charge in [0.1, 0.15) is 5.78 Å². The Kier molecular flexibility index (Phi) is 8.93. The third kappa shape index (κ3) is 6.60. The van der Waals surface area contributed by atoms with Crippen LogP contribution in [0.5, 0.6) is 5.75 Å². The summed E-state index contributed by atoms with van der Waals surface area (Å²) in [7, 11) is 0. The normalized spacial score (nSPS) is 15.7. The number of esters is 1. The lowest BCUT2D eigenvalue weighted by Gasteiger charge is -2.18. The van der Waals surface area contributed by atoms with Crippen molar-refractivity contribution in [2.24, 2.45) is 5.92 Å². The SMILES string of the molecule is O=C(CCCCCC(=O)C1CCCCCCC1)Oc1c(F)c(F)cc(F)c1F. The highest BCUT2D eigenvalue weighted by molar-refractivity contribution is 5.80. The van der Waals surface area contributed by atoms with E-state index in [1.165, 1.54) is 19.3 Å². The van der Waals surface area contributed by atoms with E-state index >= 15 is 0 Å². The summed E-state index contributed by atoms with van der Waals surface area (Å²) in [5.41, 5.74) is 0. The fraction of sp³-hybridized carbons (Fsp3) is 0.619. The van der Waals surface area contributed by atoms with Crippen LogP contribution in [0.3, 0.4) is 0 Å². The molecule has 0 aromatic heterocycles. The highest BCUT2D eigenvalue weighted by Gasteiger charge is 2.23. The lowest BCUT2D eigenvalue weighted by atomic mass is 9.86. The smallest absolute Gasteiger partial charge is 0.311 e. The fourth-order valence-electron chi connectivity index (χ4n) is 3.53. The molecular formula is C21H26F4O3. The van der Waals surface area contributed by atoms with E-state index in [2.05, 4.69) is 4.74 Å². The van der Waals surface area contributed by atoms with Crippen molar-refractivity contribution in [3.05, 3.63) is 29.3 Å². The highest BCUT2D eigenvalue weighted by atomic mass is 19.2. The molecule has 0 saturated heterocycles. The van der Waals surface area contributed by atoms with Gasteiger partial charge < -0.3 is 4.74 Å². The number of rotatable bonds is 8. The topological polar surface area (TPSA) is 43.4 Å². The van der Waals surface area contributed by atoms with Crippen LogP contribution in [0.4, 0.5) is 17.6 Å². The minimum absolute atomic E-state index is 0.0506. The second-order valence-electron chi connectivity index (χ2n) is 7.34. The summed E-state index contributed by atoms with van der Waals surface area (Å²) in [6.07, 6.45) is 9.56. The Bertz CT molecular complexity index is 656. The second kappa shape index (κ2) is 11.2. The number of carbonyl (C=O) groups is 2. The molecule has 0 N–H and O–H groups in total. The molecule has 0 bridgehead atoms. The van der Waals surface area contributed by atoms with E-state index in [0.717, 1.165) is 25.7 Å². The first kappa shape index (κ1) is 22.4. The quantitative estimate of drug-likeness (QED) is 0.175. The number of halogens is 4. The van der Waals surface area contributed by atoms with Gasteiger partial charge in [0.25, 0.3) is 0 Å². The van der Waals surface area contributed by atoms with Gasteiger partial charge in [-0.1, -0.05) is 38.5 Å². The largest absolute Gasteiger partial charge is 0.420 e. The van der Waals surface area contributed by atoms with Crippen LogP contribution in [-0.4, -0.2) is 11.8 Å². The monoisotopic (exact) mass is 402 g/mol. The maximum atomic E-state index is 13.5. The van der Waals surface area contributed by atoms with Gasteiger partial charge >= 0.3 is 5.97 Å². The molecule has 0 atom stereocenters. The summed E-state index contributed by atoms with van der Waals surface area (Å²) in [4.78, 5) is 24.0. The first-order chi connectivity index (χ1) is 13.4. The summed E-state index contributed by atoms with van der Waals surface area (Å²) in [6.45, 7) is 0. The van der Waals surface area contributed by atoms with Gasteiger partial charge in [0.2, 0.25) is 17.4 Å². The first-order valence-electron chi connectivity index (χ1n) is 9.96. The van der Waals surface area contributed by atoms with E-state index in [4.69, 9.17) is 0 Å². The third-order valence-corrected chi connectivity index (χ3v) is 5.15. The molecule has 0 radical (unpaired) electrons. The van der Waals surface area contributed by atoms with Crippen molar-refractivity contribution in [3.63, 3.8) is 0 Å². The molecule has 0 unspecified atom stereocenters. The molecular weight excluding hydrogens is 376 g/mol. The van der Waals surface area contributed by atoms with Gasteiger partial charge in [-0.05, 0) is 25.7 Å². The average Bonchev–Trinajstić information content (AvgIpc) is 2.63. The van der Waals surface area contributed by atoms with E-state index in [9.17, 15) is 27.2 Å². The summed E-state index contributed by atoms with van der Waals surface area (Å²) < 4.78 is 57.6. The molecule has 156 valence electrons. The molecule has 28 heavy (non-hydrogen) atoms. The van der Waals surface area contributed by atoms with Crippen LogP contribution in [0.25, 0.3) is 0 Å². The van der Waals surface area contributed by atoms with E-state index < -0.39 is 35.0 Å². The molecule has 1 aromatic carbocycles. The number of unbranched alkanes of at least 4 members (excludes halogenated alkanes) is 2. The van der Waals surface area contributed by atoms with Crippen molar-refractivity contribution < 1.29 is 31.9 Å². The third-order valence-electron chi connectivity index (χ3n) is 5.15. The Labute approximate surface area is 162 Å². The van der Waals surface area contributed by atoms with Crippen molar-refractivity contribution in [3.8, 4) is 5.75 Å². The molecule has 2 rings (SSSR count). The molecule has 1 fully saturated rings. The van der Waals surface area contributed by atoms with E-state index in [0.29, 0.717) is 25.7 Å². The number of benzene rings is 1. The predicted octanol–water partition coefficient (Wildman–Crippen LogP) is 6.03. The van der Waals surface area contributed by atoms with Crippen molar-refractivity contribution in [1.29, 1.82) is 0 Å². The first-order valence-corrected chi connectivity index (χ1v) is 9.96. The maximum Gasteiger partial charge on any atom is 0.311 e. The zero-order valence-corrected chi connectivity index (χ0v) is 15.9. The van der Waals surface area contributed by atoms with E-state index in [1.54, 1.807) is 0 Å². The minimum atomic E-state index is -1.74. The van der Waals surface area contributed by atoms with Gasteiger partial charge in [-0.2, -0.15) is 8.78 Å². The van der Waals surface area contributed by atoms with Crippen molar-refractivity contribution in [1.82, 2.24) is 0 Å². The molecule has 0 spiro atoms. The number of hydrogen-bond donors (Lipinski definition) is 0. The van der Waals surface area contributed by atoms with Crippen molar-refractivity contribution in [2.45, 2.75) is 77.0 Å². The van der Waals surface area contributed by atoms with Gasteiger partial charge in [0.15, 0.2) is 11.6 Å². The van der Waals surface area contributed by atoms with Crippen LogP contribution >= 0.6 is 0 Å². The van der Waals surface area contributed by atoms with E-state index in [-0.39, 0.29) is 24.2 Å². The molecule has 1 aliphatic carbocycles.